The molecule has 1 heterocycles. The lowest BCUT2D eigenvalue weighted by atomic mass is 9.98. The van der Waals surface area contributed by atoms with E-state index in [0.717, 1.165) is 17.0 Å². The van der Waals surface area contributed by atoms with Gasteiger partial charge in [-0.05, 0) is 25.1 Å². The highest BCUT2D eigenvalue weighted by atomic mass is 16.5. The van der Waals surface area contributed by atoms with Crippen molar-refractivity contribution in [3.05, 3.63) is 23.8 Å². The van der Waals surface area contributed by atoms with Crippen LogP contribution >= 0.6 is 0 Å². The van der Waals surface area contributed by atoms with Crippen LogP contribution in [0.4, 0.5) is 5.69 Å². The molecule has 3 nitrogen and oxygen atoms in total. The summed E-state index contributed by atoms with van der Waals surface area (Å²) in [5.74, 6) is 0.791. The molecule has 1 atom stereocenters. The monoisotopic (exact) mass is 193 g/mol. The van der Waals surface area contributed by atoms with Crippen molar-refractivity contribution in [1.29, 1.82) is 0 Å². The summed E-state index contributed by atoms with van der Waals surface area (Å²) in [4.78, 5) is 2.05. The first-order chi connectivity index (χ1) is 6.54. The third-order valence-electron chi connectivity index (χ3n) is 2.74. The van der Waals surface area contributed by atoms with E-state index < -0.39 is 5.60 Å². The third kappa shape index (κ3) is 1.24. The molecule has 0 spiro atoms. The number of likely N-dealkylation sites (N-methyl/N-ethyl adjacent to an activating group) is 1. The van der Waals surface area contributed by atoms with E-state index in [1.165, 1.54) is 0 Å². The van der Waals surface area contributed by atoms with E-state index in [-0.39, 0.29) is 0 Å². The number of benzene rings is 1. The van der Waals surface area contributed by atoms with E-state index in [1.54, 1.807) is 7.11 Å². The molecule has 2 rings (SSSR count). The van der Waals surface area contributed by atoms with Gasteiger partial charge in [-0.2, -0.15) is 0 Å². The summed E-state index contributed by atoms with van der Waals surface area (Å²) in [5, 5.41) is 10.1. The fourth-order valence-electron chi connectivity index (χ4n) is 2.04. The van der Waals surface area contributed by atoms with Gasteiger partial charge >= 0.3 is 0 Å². The van der Waals surface area contributed by atoms with Crippen molar-refractivity contribution in [3.8, 4) is 5.75 Å². The van der Waals surface area contributed by atoms with Gasteiger partial charge in [-0.15, -0.1) is 0 Å². The van der Waals surface area contributed by atoms with Crippen LogP contribution in [-0.2, 0) is 5.60 Å². The second kappa shape index (κ2) is 2.89. The SMILES string of the molecule is COc1ccc2c(c1)C(C)(O)CN2C. The fourth-order valence-corrected chi connectivity index (χ4v) is 2.04. The Morgan fingerprint density at radius 2 is 2.21 bits per heavy atom. The zero-order valence-electron chi connectivity index (χ0n) is 8.74. The maximum Gasteiger partial charge on any atom is 0.119 e. The summed E-state index contributed by atoms with van der Waals surface area (Å²) in [7, 11) is 3.61. The summed E-state index contributed by atoms with van der Waals surface area (Å²) in [6.07, 6.45) is 0. The minimum absolute atomic E-state index is 0.634. The van der Waals surface area contributed by atoms with Crippen LogP contribution in [0.2, 0.25) is 0 Å². The van der Waals surface area contributed by atoms with Crippen molar-refractivity contribution in [3.63, 3.8) is 0 Å². The fraction of sp³-hybridized carbons (Fsp3) is 0.455. The van der Waals surface area contributed by atoms with E-state index in [1.807, 2.05) is 32.2 Å². The molecule has 0 radical (unpaired) electrons. The van der Waals surface area contributed by atoms with Crippen LogP contribution < -0.4 is 9.64 Å². The van der Waals surface area contributed by atoms with Crippen LogP contribution in [0.3, 0.4) is 0 Å². The zero-order chi connectivity index (χ0) is 10.3. The van der Waals surface area contributed by atoms with Gasteiger partial charge in [-0.25, -0.2) is 0 Å². The van der Waals surface area contributed by atoms with Crippen molar-refractivity contribution < 1.29 is 9.84 Å². The molecular weight excluding hydrogens is 178 g/mol. The lowest BCUT2D eigenvalue weighted by Crippen LogP contribution is -2.27. The van der Waals surface area contributed by atoms with Crippen molar-refractivity contribution in [1.82, 2.24) is 0 Å². The molecule has 0 bridgehead atoms. The molecule has 1 aromatic carbocycles. The average Bonchev–Trinajstić information content (AvgIpc) is 2.37. The Bertz CT molecular complexity index is 360. The molecule has 3 heteroatoms. The molecule has 1 aliphatic rings. The summed E-state index contributed by atoms with van der Waals surface area (Å²) in [6, 6.07) is 5.80. The van der Waals surface area contributed by atoms with E-state index in [0.29, 0.717) is 6.54 Å². The Kier molecular flexibility index (Phi) is 1.93. The quantitative estimate of drug-likeness (QED) is 0.730. The van der Waals surface area contributed by atoms with Gasteiger partial charge in [0.05, 0.1) is 13.7 Å². The largest absolute Gasteiger partial charge is 0.497 e. The van der Waals surface area contributed by atoms with Gasteiger partial charge in [-0.1, -0.05) is 0 Å². The van der Waals surface area contributed by atoms with Crippen molar-refractivity contribution in [2.24, 2.45) is 0 Å². The number of ether oxygens (including phenoxy) is 1. The summed E-state index contributed by atoms with van der Waals surface area (Å²) < 4.78 is 5.14. The number of aliphatic hydroxyl groups is 1. The van der Waals surface area contributed by atoms with Gasteiger partial charge in [0.2, 0.25) is 0 Å². The van der Waals surface area contributed by atoms with Gasteiger partial charge in [-0.3, -0.25) is 0 Å². The number of rotatable bonds is 1. The summed E-state index contributed by atoms with van der Waals surface area (Å²) >= 11 is 0. The highest BCUT2D eigenvalue weighted by Crippen LogP contribution is 2.39. The molecule has 0 amide bonds. The average molecular weight is 193 g/mol. The van der Waals surface area contributed by atoms with Crippen molar-refractivity contribution in [2.45, 2.75) is 12.5 Å². The molecule has 14 heavy (non-hydrogen) atoms. The molecule has 0 aromatic heterocycles. The van der Waals surface area contributed by atoms with Crippen LogP contribution in [0.1, 0.15) is 12.5 Å². The topological polar surface area (TPSA) is 32.7 Å². The van der Waals surface area contributed by atoms with E-state index in [9.17, 15) is 5.11 Å². The minimum atomic E-state index is -0.765. The van der Waals surface area contributed by atoms with Gasteiger partial charge in [0.1, 0.15) is 11.4 Å². The lowest BCUT2D eigenvalue weighted by molar-refractivity contribution is 0.0753. The second-order valence-electron chi connectivity index (χ2n) is 4.01. The molecule has 1 aromatic rings. The Morgan fingerprint density at radius 3 is 2.86 bits per heavy atom. The molecule has 1 aliphatic heterocycles. The number of hydrogen-bond donors (Lipinski definition) is 1. The number of methoxy groups -OCH3 is 1. The molecule has 1 unspecified atom stereocenters. The molecular formula is C11H15NO2. The zero-order valence-corrected chi connectivity index (χ0v) is 8.74. The van der Waals surface area contributed by atoms with E-state index in [2.05, 4.69) is 4.90 Å². The maximum absolute atomic E-state index is 10.1. The minimum Gasteiger partial charge on any atom is -0.497 e. The Morgan fingerprint density at radius 1 is 1.50 bits per heavy atom. The Balaban J connectivity index is 2.53. The van der Waals surface area contributed by atoms with Gasteiger partial charge in [0, 0.05) is 18.3 Å². The molecule has 1 N–H and O–H groups in total. The number of fused-ring (bicyclic) bond motifs is 1. The standard InChI is InChI=1S/C11H15NO2/c1-11(13)7-12(2)10-5-4-8(14-3)6-9(10)11/h4-6,13H,7H2,1-3H3. The number of β-amino-alcohol motifs (C(OH)–C–C–N with tert-alkyl or cyclic N) is 1. The number of hydrogen-bond acceptors (Lipinski definition) is 3. The Labute approximate surface area is 83.9 Å². The molecule has 0 saturated heterocycles. The summed E-state index contributed by atoms with van der Waals surface area (Å²) in [5.41, 5.74) is 1.26. The molecule has 0 aliphatic carbocycles. The third-order valence-corrected chi connectivity index (χ3v) is 2.74. The first kappa shape index (κ1) is 9.34. The highest BCUT2D eigenvalue weighted by Gasteiger charge is 2.35. The van der Waals surface area contributed by atoms with Crippen molar-refractivity contribution in [2.75, 3.05) is 25.6 Å². The van der Waals surface area contributed by atoms with Gasteiger partial charge in [0.25, 0.3) is 0 Å². The number of anilines is 1. The highest BCUT2D eigenvalue weighted by molar-refractivity contribution is 5.62. The smallest absolute Gasteiger partial charge is 0.119 e. The normalized spacial score (nSPS) is 25.0. The van der Waals surface area contributed by atoms with Crippen LogP contribution in [0, 0.1) is 0 Å². The van der Waals surface area contributed by atoms with Crippen LogP contribution in [0.15, 0.2) is 18.2 Å². The van der Waals surface area contributed by atoms with Gasteiger partial charge < -0.3 is 14.7 Å². The van der Waals surface area contributed by atoms with Crippen LogP contribution in [0.25, 0.3) is 0 Å². The predicted octanol–water partition coefficient (Wildman–Crippen LogP) is 1.35. The first-order valence-corrected chi connectivity index (χ1v) is 4.66. The Hall–Kier alpha value is -1.22. The predicted molar refractivity (Wildman–Crippen MR) is 55.8 cm³/mol. The van der Waals surface area contributed by atoms with E-state index in [4.69, 9.17) is 4.74 Å². The second-order valence-corrected chi connectivity index (χ2v) is 4.01. The number of nitrogens with zero attached hydrogens (tertiary/aromatic N) is 1. The molecule has 76 valence electrons. The molecule has 0 saturated carbocycles. The lowest BCUT2D eigenvalue weighted by Gasteiger charge is -2.17. The van der Waals surface area contributed by atoms with Crippen LogP contribution in [0.5, 0.6) is 5.75 Å². The van der Waals surface area contributed by atoms with Crippen LogP contribution in [-0.4, -0.2) is 25.8 Å². The first-order valence-electron chi connectivity index (χ1n) is 4.66. The maximum atomic E-state index is 10.1. The van der Waals surface area contributed by atoms with E-state index >= 15 is 0 Å². The molecule has 0 fully saturated rings. The van der Waals surface area contributed by atoms with Gasteiger partial charge in [0.15, 0.2) is 0 Å². The summed E-state index contributed by atoms with van der Waals surface area (Å²) in [6.45, 7) is 2.46. The van der Waals surface area contributed by atoms with Crippen molar-refractivity contribution >= 4 is 5.69 Å².